The molecule has 0 saturated heterocycles. The zero-order valence-corrected chi connectivity index (χ0v) is 11.1. The zero-order valence-electron chi connectivity index (χ0n) is 11.1. The lowest BCUT2D eigenvalue weighted by molar-refractivity contribution is -0.153. The summed E-state index contributed by atoms with van der Waals surface area (Å²) in [7, 11) is 0. The number of hydrogen-bond acceptors (Lipinski definition) is 5. The van der Waals surface area contributed by atoms with E-state index in [4.69, 9.17) is 5.73 Å². The van der Waals surface area contributed by atoms with Crippen LogP contribution in [0.15, 0.2) is 30.7 Å². The van der Waals surface area contributed by atoms with Gasteiger partial charge in [-0.15, -0.1) is 0 Å². The zero-order chi connectivity index (χ0) is 15.5. The molecular formula is C13H13F3N4O. The van der Waals surface area contributed by atoms with Gasteiger partial charge in [0.25, 0.3) is 0 Å². The Morgan fingerprint density at radius 2 is 1.90 bits per heavy atom. The van der Waals surface area contributed by atoms with Gasteiger partial charge in [-0.05, 0) is 19.1 Å². The molecule has 2 aromatic rings. The van der Waals surface area contributed by atoms with Crippen molar-refractivity contribution < 1.29 is 17.9 Å². The van der Waals surface area contributed by atoms with E-state index in [-0.39, 0.29) is 11.8 Å². The van der Waals surface area contributed by atoms with Crippen molar-refractivity contribution in [2.24, 2.45) is 5.73 Å². The van der Waals surface area contributed by atoms with Crippen LogP contribution in [0.25, 0.3) is 11.4 Å². The van der Waals surface area contributed by atoms with Gasteiger partial charge in [-0.3, -0.25) is 15.0 Å². The maximum atomic E-state index is 12.0. The highest BCUT2D eigenvalue weighted by Crippen LogP contribution is 2.23. The highest BCUT2D eigenvalue weighted by atomic mass is 19.4. The fraction of sp³-hybridized carbons (Fsp3) is 0.308. The Morgan fingerprint density at radius 1 is 1.19 bits per heavy atom. The first-order chi connectivity index (χ1) is 9.87. The van der Waals surface area contributed by atoms with Crippen LogP contribution in [0.4, 0.5) is 13.2 Å². The summed E-state index contributed by atoms with van der Waals surface area (Å²) < 4.78 is 40.7. The molecule has 5 nitrogen and oxygen atoms in total. The van der Waals surface area contributed by atoms with Crippen LogP contribution < -0.4 is 10.5 Å². The Kier molecular flexibility index (Phi) is 4.37. The molecule has 2 N–H and O–H groups in total. The quantitative estimate of drug-likeness (QED) is 0.938. The molecule has 1 atom stereocenters. The van der Waals surface area contributed by atoms with Crippen LogP contribution in [0.2, 0.25) is 0 Å². The van der Waals surface area contributed by atoms with Crippen molar-refractivity contribution >= 4 is 0 Å². The van der Waals surface area contributed by atoms with Crippen LogP contribution in [0, 0.1) is 0 Å². The van der Waals surface area contributed by atoms with E-state index >= 15 is 0 Å². The van der Waals surface area contributed by atoms with Gasteiger partial charge >= 0.3 is 6.18 Å². The van der Waals surface area contributed by atoms with Gasteiger partial charge in [0.1, 0.15) is 11.4 Å². The number of alkyl halides is 3. The molecule has 2 rings (SSSR count). The topological polar surface area (TPSA) is 73.9 Å². The first-order valence-electron chi connectivity index (χ1n) is 6.09. The molecule has 21 heavy (non-hydrogen) atoms. The number of rotatable bonds is 4. The summed E-state index contributed by atoms with van der Waals surface area (Å²) in [4.78, 5) is 12.3. The predicted molar refractivity (Wildman–Crippen MR) is 69.4 cm³/mol. The fourth-order valence-electron chi connectivity index (χ4n) is 1.65. The Hall–Kier alpha value is -2.22. The third-order valence-electron chi connectivity index (χ3n) is 2.54. The van der Waals surface area contributed by atoms with Crippen LogP contribution in [0.1, 0.15) is 18.7 Å². The average Bonchev–Trinajstić information content (AvgIpc) is 2.45. The number of nitrogens with two attached hydrogens (primary N) is 1. The molecule has 8 heteroatoms. The summed E-state index contributed by atoms with van der Waals surface area (Å²) in [5.74, 6) is 0.0299. The standard InChI is InChI=1S/C13H13F3N4O/c1-8(17)11-12(19-5-4-18-11)10-3-2-9(6-20-10)21-7-13(14,15)16/h2-6,8H,7,17H2,1H3. The molecule has 0 aliphatic heterocycles. The van der Waals surface area contributed by atoms with E-state index in [0.29, 0.717) is 17.1 Å². The van der Waals surface area contributed by atoms with Crippen LogP contribution >= 0.6 is 0 Å². The number of nitrogens with zero attached hydrogens (tertiary/aromatic N) is 3. The normalized spacial score (nSPS) is 13.0. The monoisotopic (exact) mass is 298 g/mol. The van der Waals surface area contributed by atoms with Crippen molar-refractivity contribution in [1.29, 1.82) is 0 Å². The summed E-state index contributed by atoms with van der Waals surface area (Å²) in [6.45, 7) is 0.401. The van der Waals surface area contributed by atoms with Crippen molar-refractivity contribution in [1.82, 2.24) is 15.0 Å². The Labute approximate surface area is 119 Å². The van der Waals surface area contributed by atoms with Crippen molar-refractivity contribution in [2.45, 2.75) is 19.1 Å². The number of aromatic nitrogens is 3. The second-order valence-corrected chi connectivity index (χ2v) is 4.36. The lowest BCUT2D eigenvalue weighted by Gasteiger charge is -2.11. The first-order valence-corrected chi connectivity index (χ1v) is 6.09. The molecule has 1 unspecified atom stereocenters. The summed E-state index contributed by atoms with van der Waals surface area (Å²) in [6.07, 6.45) is -0.160. The van der Waals surface area contributed by atoms with Crippen molar-refractivity contribution in [3.05, 3.63) is 36.4 Å². The lowest BCUT2D eigenvalue weighted by atomic mass is 10.1. The maximum absolute atomic E-state index is 12.0. The van der Waals surface area contributed by atoms with Crippen molar-refractivity contribution in [3.63, 3.8) is 0 Å². The first kappa shape index (κ1) is 15.2. The van der Waals surface area contributed by atoms with E-state index < -0.39 is 12.8 Å². The third-order valence-corrected chi connectivity index (χ3v) is 2.54. The minimum atomic E-state index is -4.38. The van der Waals surface area contributed by atoms with Gasteiger partial charge in [0.2, 0.25) is 0 Å². The molecule has 0 aromatic carbocycles. The summed E-state index contributed by atoms with van der Waals surface area (Å²) in [5.41, 5.74) is 7.32. The minimum Gasteiger partial charge on any atom is -0.483 e. The minimum absolute atomic E-state index is 0.0299. The molecule has 0 radical (unpaired) electrons. The van der Waals surface area contributed by atoms with E-state index in [0.717, 1.165) is 0 Å². The molecule has 0 saturated carbocycles. The molecule has 0 spiro atoms. The average molecular weight is 298 g/mol. The van der Waals surface area contributed by atoms with Gasteiger partial charge in [-0.1, -0.05) is 0 Å². The molecule has 0 bridgehead atoms. The van der Waals surface area contributed by atoms with E-state index in [1.54, 1.807) is 6.92 Å². The third kappa shape index (κ3) is 4.12. The second kappa shape index (κ2) is 6.04. The predicted octanol–water partition coefficient (Wildman–Crippen LogP) is 2.50. The molecule has 0 fully saturated rings. The number of ether oxygens (including phenoxy) is 1. The SMILES string of the molecule is CC(N)c1nccnc1-c1ccc(OCC(F)(F)F)cn1. The Bertz CT molecular complexity index is 599. The van der Waals surface area contributed by atoms with Crippen molar-refractivity contribution in [3.8, 4) is 17.1 Å². The Morgan fingerprint density at radius 3 is 2.48 bits per heavy atom. The van der Waals surface area contributed by atoms with Gasteiger partial charge in [-0.25, -0.2) is 0 Å². The Balaban J connectivity index is 2.20. The van der Waals surface area contributed by atoms with E-state index in [1.807, 2.05) is 0 Å². The van der Waals surface area contributed by atoms with Gasteiger partial charge in [-0.2, -0.15) is 13.2 Å². The summed E-state index contributed by atoms with van der Waals surface area (Å²) >= 11 is 0. The van der Waals surface area contributed by atoms with Crippen LogP contribution in [0.5, 0.6) is 5.75 Å². The molecule has 2 heterocycles. The number of halogens is 3. The summed E-state index contributed by atoms with van der Waals surface area (Å²) in [6, 6.07) is 2.58. The van der Waals surface area contributed by atoms with Gasteiger partial charge in [0.15, 0.2) is 6.61 Å². The smallest absolute Gasteiger partial charge is 0.422 e. The van der Waals surface area contributed by atoms with Gasteiger partial charge in [0.05, 0.1) is 17.6 Å². The van der Waals surface area contributed by atoms with Crippen LogP contribution in [0.3, 0.4) is 0 Å². The highest BCUT2D eigenvalue weighted by Gasteiger charge is 2.28. The maximum Gasteiger partial charge on any atom is 0.422 e. The fourth-order valence-corrected chi connectivity index (χ4v) is 1.65. The second-order valence-electron chi connectivity index (χ2n) is 4.36. The van der Waals surface area contributed by atoms with E-state index in [9.17, 15) is 13.2 Å². The van der Waals surface area contributed by atoms with Crippen molar-refractivity contribution in [2.75, 3.05) is 6.61 Å². The largest absolute Gasteiger partial charge is 0.483 e. The molecule has 0 amide bonds. The van der Waals surface area contributed by atoms with Crippen LogP contribution in [-0.4, -0.2) is 27.7 Å². The highest BCUT2D eigenvalue weighted by molar-refractivity contribution is 5.57. The molecule has 112 valence electrons. The number of pyridine rings is 1. The van der Waals surface area contributed by atoms with Gasteiger partial charge in [0, 0.05) is 18.4 Å². The van der Waals surface area contributed by atoms with E-state index in [2.05, 4.69) is 19.7 Å². The summed E-state index contributed by atoms with van der Waals surface area (Å²) in [5, 5.41) is 0. The molecule has 2 aromatic heterocycles. The van der Waals surface area contributed by atoms with E-state index in [1.165, 1.54) is 30.7 Å². The lowest BCUT2D eigenvalue weighted by Crippen LogP contribution is -2.19. The number of hydrogen-bond donors (Lipinski definition) is 1. The van der Waals surface area contributed by atoms with Gasteiger partial charge < -0.3 is 10.5 Å². The molecular weight excluding hydrogens is 285 g/mol. The van der Waals surface area contributed by atoms with Crippen LogP contribution in [-0.2, 0) is 0 Å². The molecule has 0 aliphatic carbocycles. The molecule has 0 aliphatic rings.